The van der Waals surface area contributed by atoms with Gasteiger partial charge in [0.1, 0.15) is 5.75 Å². The zero-order chi connectivity index (χ0) is 22.8. The molecular formula is C22H28N4O3S2. The smallest absolute Gasteiger partial charge is 0.257 e. The van der Waals surface area contributed by atoms with E-state index >= 15 is 0 Å². The number of ether oxygens (including phenoxy) is 1. The fraction of sp³-hybridized carbons (Fsp3) is 0.409. The number of hydrogen-bond donors (Lipinski definition) is 1. The Labute approximate surface area is 191 Å². The Morgan fingerprint density at radius 3 is 2.68 bits per heavy atom. The number of thiazole rings is 1. The summed E-state index contributed by atoms with van der Waals surface area (Å²) in [6.45, 7) is 10.9. The first-order valence-electron chi connectivity index (χ1n) is 9.93. The molecule has 1 aliphatic rings. The van der Waals surface area contributed by atoms with E-state index in [0.717, 1.165) is 19.8 Å². The Balaban J connectivity index is 1.88. The first kappa shape index (κ1) is 23.1. The average Bonchev–Trinajstić information content (AvgIpc) is 3.20. The van der Waals surface area contributed by atoms with Gasteiger partial charge in [-0.3, -0.25) is 9.59 Å². The number of carbonyl (C=O) groups excluding carboxylic acids is 2. The molecule has 0 radical (unpaired) electrons. The Hall–Kier alpha value is -2.52. The zero-order valence-electron chi connectivity index (χ0n) is 18.5. The molecular weight excluding hydrogens is 432 g/mol. The fourth-order valence-electron chi connectivity index (χ4n) is 3.66. The number of methoxy groups -OCH3 is 1. The van der Waals surface area contributed by atoms with E-state index in [0.29, 0.717) is 30.9 Å². The molecule has 1 fully saturated rings. The Morgan fingerprint density at radius 1 is 1.35 bits per heavy atom. The van der Waals surface area contributed by atoms with Gasteiger partial charge in [-0.1, -0.05) is 29.7 Å². The number of rotatable bonds is 6. The molecule has 9 heteroatoms. The van der Waals surface area contributed by atoms with E-state index in [-0.39, 0.29) is 11.8 Å². The molecule has 2 heterocycles. The van der Waals surface area contributed by atoms with Crippen molar-refractivity contribution in [3.05, 3.63) is 42.1 Å². The lowest BCUT2D eigenvalue weighted by atomic mass is 9.97. The Kier molecular flexibility index (Phi) is 6.96. The number of aryl methyl sites for hydroxylation is 1. The van der Waals surface area contributed by atoms with E-state index in [1.54, 1.807) is 40.0 Å². The van der Waals surface area contributed by atoms with Gasteiger partial charge in [0, 0.05) is 31.6 Å². The molecule has 1 aromatic heterocycles. The standard InChI is InChI=1S/C22H28N4O3S2/c1-7-18(27)26-9-8-25(13-22(26,3)4)20(28)15-11-17(14(2)10-16(15)29-6)30-19-12-24-21(23-5)31-19/h7,10-12H,1,8-9,13H2,2-6H3,(H,23,24). The highest BCUT2D eigenvalue weighted by Gasteiger charge is 2.38. The molecule has 7 nitrogen and oxygen atoms in total. The van der Waals surface area contributed by atoms with Gasteiger partial charge in [0.05, 0.1) is 28.6 Å². The number of nitrogens with one attached hydrogen (secondary N) is 1. The molecule has 0 saturated carbocycles. The summed E-state index contributed by atoms with van der Waals surface area (Å²) >= 11 is 3.14. The monoisotopic (exact) mass is 460 g/mol. The van der Waals surface area contributed by atoms with Crippen LogP contribution in [0.3, 0.4) is 0 Å². The third kappa shape index (κ3) is 4.88. The van der Waals surface area contributed by atoms with Crippen LogP contribution in [0.2, 0.25) is 0 Å². The van der Waals surface area contributed by atoms with Gasteiger partial charge in [-0.15, -0.1) is 0 Å². The van der Waals surface area contributed by atoms with Crippen LogP contribution in [0, 0.1) is 6.92 Å². The second kappa shape index (κ2) is 9.32. The highest BCUT2D eigenvalue weighted by Crippen LogP contribution is 2.38. The normalized spacial score (nSPS) is 15.5. The van der Waals surface area contributed by atoms with Crippen LogP contribution in [0.4, 0.5) is 5.13 Å². The van der Waals surface area contributed by atoms with Gasteiger partial charge in [0.2, 0.25) is 5.91 Å². The van der Waals surface area contributed by atoms with Gasteiger partial charge in [0.25, 0.3) is 5.91 Å². The van der Waals surface area contributed by atoms with Gasteiger partial charge < -0.3 is 19.9 Å². The van der Waals surface area contributed by atoms with Crippen molar-refractivity contribution < 1.29 is 14.3 Å². The summed E-state index contributed by atoms with van der Waals surface area (Å²) in [7, 11) is 3.41. The highest BCUT2D eigenvalue weighted by molar-refractivity contribution is 8.01. The molecule has 0 aliphatic carbocycles. The summed E-state index contributed by atoms with van der Waals surface area (Å²) in [4.78, 5) is 34.5. The third-order valence-corrected chi connectivity index (χ3v) is 7.54. The minimum absolute atomic E-state index is 0.0994. The largest absolute Gasteiger partial charge is 0.496 e. The van der Waals surface area contributed by atoms with Crippen molar-refractivity contribution in [3.63, 3.8) is 0 Å². The van der Waals surface area contributed by atoms with Crippen LogP contribution in [-0.4, -0.2) is 65.9 Å². The summed E-state index contributed by atoms with van der Waals surface area (Å²) < 4.78 is 6.58. The molecule has 3 rings (SSSR count). The Bertz CT molecular complexity index is 1000. The summed E-state index contributed by atoms with van der Waals surface area (Å²) in [6.07, 6.45) is 3.15. The molecule has 31 heavy (non-hydrogen) atoms. The molecule has 2 aromatic rings. The van der Waals surface area contributed by atoms with E-state index in [9.17, 15) is 9.59 Å². The van der Waals surface area contributed by atoms with Crippen molar-refractivity contribution in [2.45, 2.75) is 35.4 Å². The number of aromatic nitrogens is 1. The van der Waals surface area contributed by atoms with Crippen LogP contribution in [0.1, 0.15) is 29.8 Å². The highest BCUT2D eigenvalue weighted by atomic mass is 32.2. The lowest BCUT2D eigenvalue weighted by Gasteiger charge is -2.46. The van der Waals surface area contributed by atoms with Crippen molar-refractivity contribution in [1.82, 2.24) is 14.8 Å². The zero-order valence-corrected chi connectivity index (χ0v) is 20.2. The first-order chi connectivity index (χ1) is 14.7. The number of benzene rings is 1. The van der Waals surface area contributed by atoms with Gasteiger partial charge in [-0.25, -0.2) is 4.98 Å². The van der Waals surface area contributed by atoms with Crippen molar-refractivity contribution in [3.8, 4) is 5.75 Å². The minimum atomic E-state index is -0.485. The number of piperazine rings is 1. The molecule has 1 aliphatic heterocycles. The Morgan fingerprint density at radius 2 is 2.10 bits per heavy atom. The minimum Gasteiger partial charge on any atom is -0.496 e. The SMILES string of the molecule is C=CC(=O)N1CCN(C(=O)c2cc(Sc3cnc(NC)s3)c(C)cc2OC)CC1(C)C. The fourth-order valence-corrected chi connectivity index (χ4v) is 5.55. The third-order valence-electron chi connectivity index (χ3n) is 5.27. The van der Waals surface area contributed by atoms with Gasteiger partial charge in [0.15, 0.2) is 5.13 Å². The van der Waals surface area contributed by atoms with Crippen molar-refractivity contribution in [2.75, 3.05) is 39.1 Å². The maximum Gasteiger partial charge on any atom is 0.257 e. The number of hydrogen-bond acceptors (Lipinski definition) is 7. The second-order valence-corrected chi connectivity index (χ2v) is 10.3. The van der Waals surface area contributed by atoms with Crippen LogP contribution in [0.25, 0.3) is 0 Å². The van der Waals surface area contributed by atoms with Crippen molar-refractivity contribution in [1.29, 1.82) is 0 Å². The number of carbonyl (C=O) groups is 2. The van der Waals surface area contributed by atoms with E-state index in [4.69, 9.17) is 4.74 Å². The lowest BCUT2D eigenvalue weighted by Crippen LogP contribution is -2.61. The van der Waals surface area contributed by atoms with E-state index < -0.39 is 5.54 Å². The van der Waals surface area contributed by atoms with Crippen LogP contribution >= 0.6 is 23.1 Å². The summed E-state index contributed by atoms with van der Waals surface area (Å²) in [5, 5.41) is 3.89. The predicted octanol–water partition coefficient (Wildman–Crippen LogP) is 3.90. The molecule has 1 N–H and O–H groups in total. The van der Waals surface area contributed by atoms with Crippen LogP contribution in [0.15, 0.2) is 40.1 Å². The molecule has 0 atom stereocenters. The topological polar surface area (TPSA) is 74.8 Å². The summed E-state index contributed by atoms with van der Waals surface area (Å²) in [6, 6.07) is 3.80. The maximum absolute atomic E-state index is 13.5. The number of nitrogens with zero attached hydrogens (tertiary/aromatic N) is 3. The number of anilines is 1. The average molecular weight is 461 g/mol. The predicted molar refractivity (Wildman–Crippen MR) is 125 cm³/mol. The van der Waals surface area contributed by atoms with Gasteiger partial charge in [-0.2, -0.15) is 0 Å². The maximum atomic E-state index is 13.5. The van der Waals surface area contributed by atoms with Crippen molar-refractivity contribution in [2.24, 2.45) is 0 Å². The van der Waals surface area contributed by atoms with E-state index in [2.05, 4.69) is 16.9 Å². The van der Waals surface area contributed by atoms with Crippen LogP contribution in [-0.2, 0) is 4.79 Å². The molecule has 166 valence electrons. The van der Waals surface area contributed by atoms with E-state index in [1.165, 1.54) is 6.08 Å². The molecule has 0 unspecified atom stereocenters. The van der Waals surface area contributed by atoms with Gasteiger partial charge >= 0.3 is 0 Å². The van der Waals surface area contributed by atoms with Crippen molar-refractivity contribution >= 4 is 40.0 Å². The molecule has 1 saturated heterocycles. The van der Waals surface area contributed by atoms with Crippen LogP contribution in [0.5, 0.6) is 5.75 Å². The van der Waals surface area contributed by atoms with Gasteiger partial charge in [-0.05, 0) is 44.5 Å². The summed E-state index contributed by atoms with van der Waals surface area (Å²) in [5.41, 5.74) is 1.06. The molecule has 2 amide bonds. The van der Waals surface area contributed by atoms with Crippen LogP contribution < -0.4 is 10.1 Å². The second-order valence-electron chi connectivity index (χ2n) is 7.89. The lowest BCUT2D eigenvalue weighted by molar-refractivity contribution is -0.134. The van der Waals surface area contributed by atoms with E-state index in [1.807, 2.05) is 46.1 Å². The quantitative estimate of drug-likeness (QED) is 0.659. The molecule has 1 aromatic carbocycles. The number of amides is 2. The summed E-state index contributed by atoms with van der Waals surface area (Å²) in [5.74, 6) is 0.335. The molecule has 0 bridgehead atoms. The first-order valence-corrected chi connectivity index (χ1v) is 11.6. The molecule has 0 spiro atoms.